The minimum absolute atomic E-state index is 0.141. The Morgan fingerprint density at radius 3 is 2.38 bits per heavy atom. The quantitative estimate of drug-likeness (QED) is 0.695. The van der Waals surface area contributed by atoms with Gasteiger partial charge in [0, 0.05) is 30.9 Å². The molecule has 13 heavy (non-hydrogen) atoms. The van der Waals surface area contributed by atoms with Crippen LogP contribution in [0.15, 0.2) is 0 Å². The molecule has 80 valence electrons. The molecule has 1 N–H and O–H groups in total. The van der Waals surface area contributed by atoms with Gasteiger partial charge in [-0.2, -0.15) is 8.42 Å². The summed E-state index contributed by atoms with van der Waals surface area (Å²) in [5, 5.41) is 0. The van der Waals surface area contributed by atoms with Crippen LogP contribution in [-0.4, -0.2) is 28.7 Å². The summed E-state index contributed by atoms with van der Waals surface area (Å²) in [5.41, 5.74) is -0.141. The van der Waals surface area contributed by atoms with Gasteiger partial charge < -0.3 is 4.74 Å². The summed E-state index contributed by atoms with van der Waals surface area (Å²) in [5.74, 6) is 0. The topological polar surface area (TPSA) is 55.4 Å². The summed E-state index contributed by atoms with van der Waals surface area (Å²) in [6.45, 7) is 4.82. The maximum absolute atomic E-state index is 10.6. The first-order valence-electron chi connectivity index (χ1n) is 3.95. The average molecular weight is 230 g/mol. The van der Waals surface area contributed by atoms with Crippen LogP contribution in [0.5, 0.6) is 0 Å². The summed E-state index contributed by atoms with van der Waals surface area (Å²) >= 11 is 0. The van der Waals surface area contributed by atoms with Crippen molar-refractivity contribution in [3.05, 3.63) is 0 Å². The Kier molecular flexibility index (Phi) is 5.21. The minimum Gasteiger partial charge on any atom is -0.385 e. The van der Waals surface area contributed by atoms with Crippen LogP contribution in [0.25, 0.3) is 0 Å². The summed E-state index contributed by atoms with van der Waals surface area (Å²) in [6.07, 6.45) is 0.781. The fourth-order valence-corrected chi connectivity index (χ4v) is 1.48. The molecule has 0 aromatic heterocycles. The van der Waals surface area contributed by atoms with Crippen LogP contribution in [0.2, 0.25) is 0 Å². The van der Waals surface area contributed by atoms with Gasteiger partial charge in [0.05, 0.1) is 0 Å². The van der Waals surface area contributed by atoms with Crippen molar-refractivity contribution in [2.24, 2.45) is 5.41 Å². The van der Waals surface area contributed by atoms with Gasteiger partial charge in [0.1, 0.15) is 0 Å². The van der Waals surface area contributed by atoms with Gasteiger partial charge >= 0.3 is 0 Å². The second kappa shape index (κ2) is 5.14. The molecule has 0 unspecified atom stereocenters. The van der Waals surface area contributed by atoms with Crippen LogP contribution >= 0.6 is 10.7 Å². The van der Waals surface area contributed by atoms with Gasteiger partial charge in [-0.3, -0.25) is 0 Å². The van der Waals surface area contributed by atoms with Crippen molar-refractivity contribution in [2.45, 2.75) is 20.3 Å². The number of methoxy groups -OCH3 is 1. The molecule has 0 amide bonds. The third kappa shape index (κ3) is 8.49. The van der Waals surface area contributed by atoms with Gasteiger partial charge in [0.25, 0.3) is 9.24 Å². The van der Waals surface area contributed by atoms with E-state index in [0.717, 1.165) is 6.42 Å². The molecule has 0 heterocycles. The molecule has 0 aliphatic rings. The lowest BCUT2D eigenvalue weighted by Gasteiger charge is -2.23. The van der Waals surface area contributed by atoms with Crippen molar-refractivity contribution in [3.63, 3.8) is 0 Å². The zero-order valence-electron chi connectivity index (χ0n) is 8.13. The van der Waals surface area contributed by atoms with Gasteiger partial charge in [-0.25, -0.2) is 4.72 Å². The van der Waals surface area contributed by atoms with Crippen LogP contribution in [0.4, 0.5) is 0 Å². The van der Waals surface area contributed by atoms with Gasteiger partial charge in [-0.1, -0.05) is 13.8 Å². The third-order valence-electron chi connectivity index (χ3n) is 1.71. The number of hydrogen-bond acceptors (Lipinski definition) is 3. The number of halogens is 1. The lowest BCUT2D eigenvalue weighted by atomic mass is 9.90. The highest BCUT2D eigenvalue weighted by molar-refractivity contribution is 8.12. The van der Waals surface area contributed by atoms with E-state index in [4.69, 9.17) is 15.4 Å². The molecule has 0 bridgehead atoms. The Hall–Kier alpha value is 0.160. The van der Waals surface area contributed by atoms with Crippen molar-refractivity contribution in [3.8, 4) is 0 Å². The summed E-state index contributed by atoms with van der Waals surface area (Å²) < 4.78 is 28.3. The Labute approximate surface area is 84.2 Å². The van der Waals surface area contributed by atoms with E-state index >= 15 is 0 Å². The lowest BCUT2D eigenvalue weighted by Crippen LogP contribution is -2.32. The van der Waals surface area contributed by atoms with Gasteiger partial charge in [0.15, 0.2) is 0 Å². The molecule has 4 nitrogen and oxygen atoms in total. The molecular weight excluding hydrogens is 214 g/mol. The Morgan fingerprint density at radius 1 is 1.46 bits per heavy atom. The van der Waals surface area contributed by atoms with Crippen LogP contribution in [0.1, 0.15) is 20.3 Å². The number of ether oxygens (including phenoxy) is 1. The van der Waals surface area contributed by atoms with Crippen molar-refractivity contribution in [1.29, 1.82) is 0 Å². The average Bonchev–Trinajstić information content (AvgIpc) is 1.97. The first-order chi connectivity index (χ1) is 5.77. The van der Waals surface area contributed by atoms with E-state index < -0.39 is 9.24 Å². The van der Waals surface area contributed by atoms with Crippen LogP contribution in [0, 0.1) is 5.41 Å². The molecule has 0 fully saturated rings. The predicted molar refractivity (Wildman–Crippen MR) is 53.0 cm³/mol. The van der Waals surface area contributed by atoms with Gasteiger partial charge in [-0.05, 0) is 11.8 Å². The van der Waals surface area contributed by atoms with Crippen LogP contribution in [-0.2, 0) is 14.0 Å². The molecule has 0 aromatic carbocycles. The molecule has 0 rings (SSSR count). The maximum atomic E-state index is 10.6. The van der Waals surface area contributed by atoms with E-state index in [9.17, 15) is 8.42 Å². The SMILES string of the molecule is COCCC(C)(C)CNS(=O)(=O)Cl. The summed E-state index contributed by atoms with van der Waals surface area (Å²) in [7, 11) is 3.02. The molecule has 0 saturated carbocycles. The monoisotopic (exact) mass is 229 g/mol. The highest BCUT2D eigenvalue weighted by Crippen LogP contribution is 2.19. The Bertz CT molecular complexity index is 238. The molecule has 0 aromatic rings. The van der Waals surface area contributed by atoms with E-state index in [1.54, 1.807) is 7.11 Å². The predicted octanol–water partition coefficient (Wildman–Crippen LogP) is 1.12. The van der Waals surface area contributed by atoms with Crippen molar-refractivity contribution >= 4 is 19.9 Å². The maximum Gasteiger partial charge on any atom is 0.297 e. The molecule has 0 aliphatic carbocycles. The van der Waals surface area contributed by atoms with E-state index in [1.165, 1.54) is 0 Å². The van der Waals surface area contributed by atoms with Gasteiger partial charge in [0.2, 0.25) is 0 Å². The van der Waals surface area contributed by atoms with Crippen LogP contribution in [0.3, 0.4) is 0 Å². The van der Waals surface area contributed by atoms with Gasteiger partial charge in [-0.15, -0.1) is 0 Å². The normalized spacial score (nSPS) is 13.2. The highest BCUT2D eigenvalue weighted by atomic mass is 35.7. The first-order valence-corrected chi connectivity index (χ1v) is 6.26. The van der Waals surface area contributed by atoms with Crippen molar-refractivity contribution in [1.82, 2.24) is 4.72 Å². The molecule has 0 atom stereocenters. The second-order valence-electron chi connectivity index (χ2n) is 3.67. The first kappa shape index (κ1) is 13.2. The second-order valence-corrected chi connectivity index (χ2v) is 6.05. The lowest BCUT2D eigenvalue weighted by molar-refractivity contribution is 0.153. The Balaban J connectivity index is 3.89. The fourth-order valence-electron chi connectivity index (χ4n) is 0.748. The van der Waals surface area contributed by atoms with E-state index in [-0.39, 0.29) is 5.41 Å². The third-order valence-corrected chi connectivity index (χ3v) is 2.52. The largest absolute Gasteiger partial charge is 0.385 e. The molecule has 0 aliphatic heterocycles. The number of hydrogen-bond donors (Lipinski definition) is 1. The molecular formula is C7H16ClNO3S. The van der Waals surface area contributed by atoms with Crippen molar-refractivity contribution < 1.29 is 13.2 Å². The standard InChI is InChI=1S/C7H16ClNO3S/c1-7(2,4-5-12-3)6-9-13(8,10)11/h9H,4-6H2,1-3H3. The van der Waals surface area contributed by atoms with E-state index in [1.807, 2.05) is 13.8 Å². The number of nitrogens with one attached hydrogen (secondary N) is 1. The molecule has 6 heteroatoms. The van der Waals surface area contributed by atoms with E-state index in [0.29, 0.717) is 13.2 Å². The summed E-state index contributed by atoms with van der Waals surface area (Å²) in [4.78, 5) is 0. The zero-order chi connectivity index (χ0) is 10.5. The highest BCUT2D eigenvalue weighted by Gasteiger charge is 2.19. The Morgan fingerprint density at radius 2 is 2.00 bits per heavy atom. The summed E-state index contributed by atoms with van der Waals surface area (Å²) in [6, 6.07) is 0. The number of rotatable bonds is 6. The molecule has 0 spiro atoms. The minimum atomic E-state index is -3.60. The molecule has 0 saturated heterocycles. The van der Waals surface area contributed by atoms with Crippen molar-refractivity contribution in [2.75, 3.05) is 20.3 Å². The van der Waals surface area contributed by atoms with Crippen LogP contribution < -0.4 is 4.72 Å². The molecule has 0 radical (unpaired) electrons. The zero-order valence-corrected chi connectivity index (χ0v) is 9.70. The fraction of sp³-hybridized carbons (Fsp3) is 1.00. The smallest absolute Gasteiger partial charge is 0.297 e. The van der Waals surface area contributed by atoms with E-state index in [2.05, 4.69) is 4.72 Å².